The molecule has 0 saturated carbocycles. The molecule has 144 valence electrons. The molecule has 3 unspecified atom stereocenters. The second kappa shape index (κ2) is 9.94. The fourth-order valence-corrected chi connectivity index (χ4v) is 4.44. The zero-order valence-corrected chi connectivity index (χ0v) is 16.8. The maximum absolute atomic E-state index is 12.4. The topological polar surface area (TPSA) is 37.3 Å². The lowest BCUT2D eigenvalue weighted by Gasteiger charge is -2.40. The van der Waals surface area contributed by atoms with Gasteiger partial charge in [-0.15, -0.1) is 0 Å². The van der Waals surface area contributed by atoms with Gasteiger partial charge in [-0.3, -0.25) is 4.79 Å². The van der Waals surface area contributed by atoms with Crippen molar-refractivity contribution < 1.29 is 9.90 Å². The van der Waals surface area contributed by atoms with Crippen LogP contribution in [0.1, 0.15) is 95.6 Å². The molecule has 0 amide bonds. The van der Waals surface area contributed by atoms with Crippen molar-refractivity contribution in [3.05, 3.63) is 41.5 Å². The van der Waals surface area contributed by atoms with E-state index in [1.54, 1.807) is 0 Å². The molecule has 0 spiro atoms. The number of carboxylic acid groups (broad SMARTS) is 1. The monoisotopic (exact) mass is 356 g/mol. The van der Waals surface area contributed by atoms with Crippen molar-refractivity contribution in [2.45, 2.75) is 84.5 Å². The highest BCUT2D eigenvalue weighted by Gasteiger charge is 2.46. The van der Waals surface area contributed by atoms with Gasteiger partial charge in [0.1, 0.15) is 0 Å². The van der Waals surface area contributed by atoms with Gasteiger partial charge in [0.2, 0.25) is 0 Å². The minimum Gasteiger partial charge on any atom is -0.481 e. The Labute approximate surface area is 159 Å². The van der Waals surface area contributed by atoms with E-state index in [-0.39, 0.29) is 5.92 Å². The number of benzene rings is 1. The van der Waals surface area contributed by atoms with E-state index in [2.05, 4.69) is 39.0 Å². The van der Waals surface area contributed by atoms with Gasteiger partial charge in [-0.25, -0.2) is 0 Å². The molecule has 0 heterocycles. The van der Waals surface area contributed by atoms with Crippen LogP contribution in [0.4, 0.5) is 0 Å². The Morgan fingerprint density at radius 2 is 1.85 bits per heavy atom. The zero-order chi connectivity index (χ0) is 19.0. The van der Waals surface area contributed by atoms with E-state index in [0.717, 1.165) is 25.7 Å². The van der Waals surface area contributed by atoms with Gasteiger partial charge in [0, 0.05) is 5.92 Å². The summed E-state index contributed by atoms with van der Waals surface area (Å²) in [5, 5.41) is 10.2. The van der Waals surface area contributed by atoms with Gasteiger partial charge in [0.05, 0.1) is 5.41 Å². The van der Waals surface area contributed by atoms with Crippen molar-refractivity contribution in [1.29, 1.82) is 0 Å². The van der Waals surface area contributed by atoms with Crippen molar-refractivity contribution in [2.24, 2.45) is 11.3 Å². The maximum Gasteiger partial charge on any atom is 0.314 e. The molecule has 1 aromatic rings. The molecule has 1 N–H and O–H groups in total. The summed E-state index contributed by atoms with van der Waals surface area (Å²) in [5.74, 6) is -0.0226. The van der Waals surface area contributed by atoms with Crippen molar-refractivity contribution in [1.82, 2.24) is 0 Å². The lowest BCUT2D eigenvalue weighted by molar-refractivity contribution is -0.148. The van der Waals surface area contributed by atoms with E-state index in [1.807, 2.05) is 18.2 Å². The largest absolute Gasteiger partial charge is 0.481 e. The van der Waals surface area contributed by atoms with Gasteiger partial charge in [-0.1, -0.05) is 102 Å². The minimum absolute atomic E-state index is 0.0777. The van der Waals surface area contributed by atoms with Crippen LogP contribution in [-0.4, -0.2) is 11.1 Å². The van der Waals surface area contributed by atoms with E-state index in [0.29, 0.717) is 5.92 Å². The first-order valence-electron chi connectivity index (χ1n) is 10.6. The van der Waals surface area contributed by atoms with Gasteiger partial charge in [0.15, 0.2) is 0 Å². The van der Waals surface area contributed by atoms with E-state index >= 15 is 0 Å². The quantitative estimate of drug-likeness (QED) is 0.431. The van der Waals surface area contributed by atoms with Crippen LogP contribution in [0.5, 0.6) is 0 Å². The Morgan fingerprint density at radius 3 is 2.54 bits per heavy atom. The lowest BCUT2D eigenvalue weighted by Crippen LogP contribution is -2.38. The molecular formula is C24H36O2. The highest BCUT2D eigenvalue weighted by atomic mass is 16.4. The normalized spacial score (nSPS) is 22.8. The summed E-state index contributed by atoms with van der Waals surface area (Å²) in [7, 11) is 0. The molecule has 2 nitrogen and oxygen atoms in total. The predicted octanol–water partition coefficient (Wildman–Crippen LogP) is 7.05. The van der Waals surface area contributed by atoms with Crippen LogP contribution in [-0.2, 0) is 4.79 Å². The summed E-state index contributed by atoms with van der Waals surface area (Å²) in [6.07, 6.45) is 14.0. The average molecular weight is 357 g/mol. The smallest absolute Gasteiger partial charge is 0.314 e. The van der Waals surface area contributed by atoms with Crippen LogP contribution in [0.2, 0.25) is 0 Å². The second-order valence-corrected chi connectivity index (χ2v) is 8.15. The highest BCUT2D eigenvalue weighted by Crippen LogP contribution is 2.50. The van der Waals surface area contributed by atoms with Crippen molar-refractivity contribution >= 4 is 12.0 Å². The second-order valence-electron chi connectivity index (χ2n) is 8.15. The van der Waals surface area contributed by atoms with E-state index < -0.39 is 11.4 Å². The number of carbonyl (C=O) groups is 1. The predicted molar refractivity (Wildman–Crippen MR) is 110 cm³/mol. The Bertz CT molecular complexity index is 604. The van der Waals surface area contributed by atoms with Crippen LogP contribution < -0.4 is 0 Å². The first-order chi connectivity index (χ1) is 12.5. The zero-order valence-electron chi connectivity index (χ0n) is 16.8. The average Bonchev–Trinajstić information content (AvgIpc) is 2.64. The molecule has 1 aliphatic rings. The van der Waals surface area contributed by atoms with Gasteiger partial charge in [-0.2, -0.15) is 0 Å². The maximum atomic E-state index is 12.4. The van der Waals surface area contributed by atoms with Gasteiger partial charge < -0.3 is 5.11 Å². The molecule has 0 bridgehead atoms. The number of carboxylic acids is 1. The molecule has 2 heteroatoms. The third-order valence-corrected chi connectivity index (χ3v) is 6.08. The van der Waals surface area contributed by atoms with Crippen LogP contribution >= 0.6 is 0 Å². The third kappa shape index (κ3) is 4.78. The summed E-state index contributed by atoms with van der Waals surface area (Å²) < 4.78 is 0. The number of rotatable bonds is 11. The van der Waals surface area contributed by atoms with Crippen LogP contribution in [0.3, 0.4) is 0 Å². The lowest BCUT2D eigenvalue weighted by atomic mass is 9.62. The number of fused-ring (bicyclic) bond motifs is 1. The van der Waals surface area contributed by atoms with Crippen molar-refractivity contribution in [3.8, 4) is 0 Å². The fourth-order valence-electron chi connectivity index (χ4n) is 4.44. The molecule has 0 aliphatic heterocycles. The van der Waals surface area contributed by atoms with Crippen LogP contribution in [0.15, 0.2) is 30.3 Å². The molecule has 1 aliphatic carbocycles. The molecule has 0 aromatic heterocycles. The molecule has 0 radical (unpaired) electrons. The van der Waals surface area contributed by atoms with E-state index in [1.165, 1.54) is 43.2 Å². The first kappa shape index (κ1) is 20.7. The SMILES string of the molecule is CCCCCCC(C)CC1c2ccccc2C=CC1(CCCC)C(=O)O. The number of hydrogen-bond acceptors (Lipinski definition) is 1. The van der Waals surface area contributed by atoms with E-state index in [4.69, 9.17) is 0 Å². The Balaban J connectivity index is 2.25. The molecule has 3 atom stereocenters. The summed E-state index contributed by atoms with van der Waals surface area (Å²) in [4.78, 5) is 12.4. The molecule has 2 rings (SSSR count). The Hall–Kier alpha value is -1.57. The molecular weight excluding hydrogens is 320 g/mol. The van der Waals surface area contributed by atoms with Gasteiger partial charge >= 0.3 is 5.97 Å². The third-order valence-electron chi connectivity index (χ3n) is 6.08. The fraction of sp³-hybridized carbons (Fsp3) is 0.625. The highest BCUT2D eigenvalue weighted by molar-refractivity contribution is 5.82. The summed E-state index contributed by atoms with van der Waals surface area (Å²) >= 11 is 0. The minimum atomic E-state index is -0.748. The molecule has 26 heavy (non-hydrogen) atoms. The number of aliphatic carboxylic acids is 1. The van der Waals surface area contributed by atoms with E-state index in [9.17, 15) is 9.90 Å². The summed E-state index contributed by atoms with van der Waals surface area (Å²) in [5.41, 5.74) is 1.68. The van der Waals surface area contributed by atoms with Crippen LogP contribution in [0, 0.1) is 11.3 Å². The number of hydrogen-bond donors (Lipinski definition) is 1. The standard InChI is InChI=1S/C24H36O2/c1-4-6-8-9-12-19(3)18-22-21-14-11-10-13-20(21)15-17-24(22,23(25)26)16-7-5-2/h10-11,13-15,17,19,22H,4-9,12,16,18H2,1-3H3,(H,25,26). The van der Waals surface area contributed by atoms with Crippen molar-refractivity contribution in [2.75, 3.05) is 0 Å². The molecule has 0 fully saturated rings. The molecule has 0 saturated heterocycles. The molecule has 1 aromatic carbocycles. The first-order valence-corrected chi connectivity index (χ1v) is 10.6. The van der Waals surface area contributed by atoms with Crippen LogP contribution in [0.25, 0.3) is 6.08 Å². The van der Waals surface area contributed by atoms with Gasteiger partial charge in [-0.05, 0) is 29.9 Å². The number of unbranched alkanes of at least 4 members (excludes halogenated alkanes) is 4. The Kier molecular flexibility index (Phi) is 7.93. The summed E-state index contributed by atoms with van der Waals surface area (Å²) in [6.45, 7) is 6.68. The Morgan fingerprint density at radius 1 is 1.12 bits per heavy atom. The van der Waals surface area contributed by atoms with Crippen molar-refractivity contribution in [3.63, 3.8) is 0 Å². The summed E-state index contributed by atoms with van der Waals surface area (Å²) in [6, 6.07) is 8.38. The van der Waals surface area contributed by atoms with Gasteiger partial charge in [0.25, 0.3) is 0 Å².